The van der Waals surface area contributed by atoms with Crippen LogP contribution in [0.5, 0.6) is 0 Å². The molecule has 2 aromatic carbocycles. The Morgan fingerprint density at radius 2 is 1.73 bits per heavy atom. The number of carbonyl (C=O) groups excluding carboxylic acids is 1. The van der Waals surface area contributed by atoms with Crippen molar-refractivity contribution in [1.82, 2.24) is 20.2 Å². The summed E-state index contributed by atoms with van der Waals surface area (Å²) in [6.45, 7) is 10.0. The van der Waals surface area contributed by atoms with E-state index in [2.05, 4.69) is 21.6 Å². The molecule has 0 fully saturated rings. The van der Waals surface area contributed by atoms with Gasteiger partial charge < -0.3 is 0 Å². The molecule has 0 radical (unpaired) electrons. The Morgan fingerprint density at radius 3 is 2.46 bits per heavy atom. The van der Waals surface area contributed by atoms with Gasteiger partial charge in [-0.3, -0.25) is 4.79 Å². The molecule has 134 valence electrons. The number of thioether (sulfide) groups is 1. The van der Waals surface area contributed by atoms with E-state index in [1.165, 1.54) is 17.3 Å². The minimum Gasteiger partial charge on any atom is -0.293 e. The topological polar surface area (TPSA) is 60.7 Å². The van der Waals surface area contributed by atoms with Gasteiger partial charge in [0, 0.05) is 5.56 Å². The first-order valence-electron chi connectivity index (χ1n) is 8.51. The zero-order chi connectivity index (χ0) is 18.8. The lowest BCUT2D eigenvalue weighted by molar-refractivity contribution is 0.0993. The van der Waals surface area contributed by atoms with Crippen LogP contribution in [0.15, 0.2) is 41.6 Å². The first kappa shape index (κ1) is 18.3. The van der Waals surface area contributed by atoms with E-state index >= 15 is 0 Å². The summed E-state index contributed by atoms with van der Waals surface area (Å²) < 4.78 is 1.71. The predicted octanol–water partition coefficient (Wildman–Crippen LogP) is 4.26. The lowest BCUT2D eigenvalue weighted by Crippen LogP contribution is -2.15. The molecular formula is C20H22N4OS. The lowest BCUT2D eigenvalue weighted by atomic mass is 10.0. The third kappa shape index (κ3) is 3.70. The van der Waals surface area contributed by atoms with Crippen LogP contribution < -0.4 is 0 Å². The van der Waals surface area contributed by atoms with Crippen LogP contribution in [0, 0.1) is 27.7 Å². The number of hydrogen-bond acceptors (Lipinski definition) is 5. The first-order valence-corrected chi connectivity index (χ1v) is 9.39. The monoisotopic (exact) mass is 366 g/mol. The quantitative estimate of drug-likeness (QED) is 0.499. The van der Waals surface area contributed by atoms with Crippen LogP contribution in [0.4, 0.5) is 0 Å². The predicted molar refractivity (Wildman–Crippen MR) is 104 cm³/mol. The maximum Gasteiger partial charge on any atom is 0.214 e. The van der Waals surface area contributed by atoms with Crippen molar-refractivity contribution < 1.29 is 4.79 Å². The normalized spacial score (nSPS) is 12.2. The maximum absolute atomic E-state index is 12.8. The summed E-state index contributed by atoms with van der Waals surface area (Å²) in [5.41, 5.74) is 6.17. The molecule has 3 aromatic rings. The molecule has 0 unspecified atom stereocenters. The molecule has 0 aliphatic rings. The molecule has 0 saturated carbocycles. The second-order valence-electron chi connectivity index (χ2n) is 6.59. The molecule has 6 heteroatoms. The summed E-state index contributed by atoms with van der Waals surface area (Å²) in [5, 5.41) is 12.4. The van der Waals surface area contributed by atoms with Crippen molar-refractivity contribution in [2.75, 3.05) is 0 Å². The summed E-state index contributed by atoms with van der Waals surface area (Å²) in [6.07, 6.45) is 0. The Labute approximate surface area is 157 Å². The van der Waals surface area contributed by atoms with Crippen LogP contribution in [-0.2, 0) is 0 Å². The Kier molecular flexibility index (Phi) is 5.23. The molecule has 5 nitrogen and oxygen atoms in total. The molecule has 0 aliphatic carbocycles. The maximum atomic E-state index is 12.8. The summed E-state index contributed by atoms with van der Waals surface area (Å²) >= 11 is 1.38. The molecule has 0 spiro atoms. The van der Waals surface area contributed by atoms with Crippen LogP contribution in [0.1, 0.15) is 39.5 Å². The molecule has 1 aromatic heterocycles. The number of tetrazole rings is 1. The van der Waals surface area contributed by atoms with Gasteiger partial charge in [-0.15, -0.1) is 5.10 Å². The van der Waals surface area contributed by atoms with E-state index in [0.717, 1.165) is 27.9 Å². The zero-order valence-electron chi connectivity index (χ0n) is 15.6. The largest absolute Gasteiger partial charge is 0.293 e. The number of aromatic nitrogens is 4. The van der Waals surface area contributed by atoms with Gasteiger partial charge in [0.05, 0.1) is 10.9 Å². The SMILES string of the molecule is Cc1ccc(C)c(-n2nnnc2S[C@H](C)C(=O)c2ccc(C)c(C)c2)c1. The van der Waals surface area contributed by atoms with Crippen molar-refractivity contribution in [3.8, 4) is 5.69 Å². The minimum atomic E-state index is -0.285. The Balaban J connectivity index is 1.85. The van der Waals surface area contributed by atoms with Crippen LogP contribution >= 0.6 is 11.8 Å². The molecule has 0 saturated heterocycles. The number of ketones is 1. The average Bonchev–Trinajstić information content (AvgIpc) is 3.06. The smallest absolute Gasteiger partial charge is 0.214 e. The Morgan fingerprint density at radius 1 is 1.00 bits per heavy atom. The highest BCUT2D eigenvalue weighted by Crippen LogP contribution is 2.27. The molecule has 0 bridgehead atoms. The molecule has 1 atom stereocenters. The van der Waals surface area contributed by atoms with Crippen LogP contribution in [-0.4, -0.2) is 31.2 Å². The van der Waals surface area contributed by atoms with Crippen LogP contribution in [0.2, 0.25) is 0 Å². The summed E-state index contributed by atoms with van der Waals surface area (Å²) in [6, 6.07) is 12.0. The average molecular weight is 366 g/mol. The fourth-order valence-corrected chi connectivity index (χ4v) is 3.57. The van der Waals surface area contributed by atoms with E-state index in [1.54, 1.807) is 4.68 Å². The lowest BCUT2D eigenvalue weighted by Gasteiger charge is -2.12. The molecular weight excluding hydrogens is 344 g/mol. The molecule has 0 N–H and O–H groups in total. The van der Waals surface area contributed by atoms with Gasteiger partial charge in [-0.1, -0.05) is 36.0 Å². The van der Waals surface area contributed by atoms with E-state index in [9.17, 15) is 4.79 Å². The second kappa shape index (κ2) is 7.41. The molecule has 0 aliphatic heterocycles. The van der Waals surface area contributed by atoms with Gasteiger partial charge in [0.1, 0.15) is 0 Å². The number of nitrogens with zero attached hydrogens (tertiary/aromatic N) is 4. The fourth-order valence-electron chi connectivity index (χ4n) is 2.69. The van der Waals surface area contributed by atoms with Gasteiger partial charge in [-0.25, -0.2) is 0 Å². The number of aryl methyl sites for hydroxylation is 4. The van der Waals surface area contributed by atoms with Gasteiger partial charge in [0.15, 0.2) is 5.78 Å². The summed E-state index contributed by atoms with van der Waals surface area (Å²) in [4.78, 5) is 12.8. The second-order valence-corrected chi connectivity index (χ2v) is 7.89. The van der Waals surface area contributed by atoms with Crippen molar-refractivity contribution in [2.24, 2.45) is 0 Å². The van der Waals surface area contributed by atoms with E-state index in [4.69, 9.17) is 0 Å². The Bertz CT molecular complexity index is 964. The Hall–Kier alpha value is -2.47. The fraction of sp³-hybridized carbons (Fsp3) is 0.300. The number of carbonyl (C=O) groups is 1. The first-order chi connectivity index (χ1) is 12.4. The summed E-state index contributed by atoms with van der Waals surface area (Å²) in [5.74, 6) is 0.0774. The number of Topliss-reactive ketones (excluding diaryl/α,β-unsaturated/α-hetero) is 1. The van der Waals surface area contributed by atoms with Crippen molar-refractivity contribution >= 4 is 17.5 Å². The number of hydrogen-bond donors (Lipinski definition) is 0. The van der Waals surface area contributed by atoms with Gasteiger partial charge in [0.2, 0.25) is 5.16 Å². The van der Waals surface area contributed by atoms with Crippen molar-refractivity contribution in [3.63, 3.8) is 0 Å². The molecule has 3 rings (SSSR count). The van der Waals surface area contributed by atoms with E-state index in [0.29, 0.717) is 5.16 Å². The highest BCUT2D eigenvalue weighted by atomic mass is 32.2. The van der Waals surface area contributed by atoms with Gasteiger partial charge in [-0.2, -0.15) is 4.68 Å². The number of benzene rings is 2. The van der Waals surface area contributed by atoms with Crippen LogP contribution in [0.25, 0.3) is 5.69 Å². The third-order valence-corrected chi connectivity index (χ3v) is 5.51. The van der Waals surface area contributed by atoms with Crippen molar-refractivity contribution in [3.05, 3.63) is 64.2 Å². The van der Waals surface area contributed by atoms with Gasteiger partial charge in [-0.05, 0) is 79.4 Å². The summed E-state index contributed by atoms with van der Waals surface area (Å²) in [7, 11) is 0. The van der Waals surface area contributed by atoms with E-state index in [-0.39, 0.29) is 11.0 Å². The number of rotatable bonds is 5. The van der Waals surface area contributed by atoms with Gasteiger partial charge in [0.25, 0.3) is 0 Å². The van der Waals surface area contributed by atoms with Crippen LogP contribution in [0.3, 0.4) is 0 Å². The minimum absolute atomic E-state index is 0.0774. The molecule has 0 amide bonds. The molecule has 26 heavy (non-hydrogen) atoms. The highest BCUT2D eigenvalue weighted by molar-refractivity contribution is 8.00. The van der Waals surface area contributed by atoms with Crippen molar-refractivity contribution in [1.29, 1.82) is 0 Å². The standard InChI is InChI=1S/C20H22N4OS/c1-12-6-7-14(3)18(10-12)24-20(21-22-23-24)26-16(5)19(25)17-9-8-13(2)15(4)11-17/h6-11,16H,1-5H3/t16-/m1/s1. The van der Waals surface area contributed by atoms with Crippen molar-refractivity contribution in [2.45, 2.75) is 45.0 Å². The molecule has 1 heterocycles. The highest BCUT2D eigenvalue weighted by Gasteiger charge is 2.21. The van der Waals surface area contributed by atoms with Gasteiger partial charge >= 0.3 is 0 Å². The van der Waals surface area contributed by atoms with E-state index in [1.807, 2.05) is 65.0 Å². The zero-order valence-corrected chi connectivity index (χ0v) is 16.5. The third-order valence-electron chi connectivity index (χ3n) is 4.48. The van der Waals surface area contributed by atoms with E-state index < -0.39 is 0 Å².